The highest BCUT2D eigenvalue weighted by atomic mass is 32.2. The number of rotatable bonds is 8. The molecule has 0 aliphatic rings. The second kappa shape index (κ2) is 8.45. The molecule has 0 fully saturated rings. The average Bonchev–Trinajstić information content (AvgIpc) is 2.93. The predicted molar refractivity (Wildman–Crippen MR) is 90.5 cm³/mol. The molecule has 0 aliphatic heterocycles. The number of thiazole rings is 1. The third-order valence-electron chi connectivity index (χ3n) is 3.09. The van der Waals surface area contributed by atoms with Crippen LogP contribution in [0.4, 0.5) is 0 Å². The Kier molecular flexibility index (Phi) is 6.57. The lowest BCUT2D eigenvalue weighted by molar-refractivity contribution is 0.545. The molecule has 108 valence electrons. The van der Waals surface area contributed by atoms with Crippen LogP contribution in [0.2, 0.25) is 0 Å². The van der Waals surface area contributed by atoms with E-state index in [9.17, 15) is 0 Å². The molecule has 2 aromatic rings. The van der Waals surface area contributed by atoms with Crippen LogP contribution >= 0.6 is 23.1 Å². The molecule has 1 aromatic carbocycles. The van der Waals surface area contributed by atoms with Crippen molar-refractivity contribution in [1.82, 2.24) is 10.3 Å². The average molecular weight is 306 g/mol. The molecule has 0 saturated carbocycles. The first-order chi connectivity index (χ1) is 9.83. The largest absolute Gasteiger partial charge is 0.310 e. The van der Waals surface area contributed by atoms with Crippen molar-refractivity contribution in [3.63, 3.8) is 0 Å². The zero-order chi connectivity index (χ0) is 14.2. The van der Waals surface area contributed by atoms with Crippen molar-refractivity contribution < 1.29 is 0 Å². The number of hydrogen-bond acceptors (Lipinski definition) is 4. The van der Waals surface area contributed by atoms with Gasteiger partial charge >= 0.3 is 0 Å². The van der Waals surface area contributed by atoms with Crippen molar-refractivity contribution in [2.75, 3.05) is 12.3 Å². The molecule has 20 heavy (non-hydrogen) atoms. The molecule has 0 aliphatic carbocycles. The minimum Gasteiger partial charge on any atom is -0.310 e. The minimum atomic E-state index is 0.356. The van der Waals surface area contributed by atoms with E-state index in [4.69, 9.17) is 4.98 Å². The summed E-state index contributed by atoms with van der Waals surface area (Å²) in [4.78, 5) is 4.75. The van der Waals surface area contributed by atoms with Crippen LogP contribution in [0.3, 0.4) is 0 Å². The SMILES string of the molecule is CCNC(Cc1csc(CSCC)n1)c1ccccc1. The molecule has 1 N–H and O–H groups in total. The Morgan fingerprint density at radius 2 is 2.05 bits per heavy atom. The first-order valence-corrected chi connectivity index (χ1v) is 9.16. The topological polar surface area (TPSA) is 24.9 Å². The fourth-order valence-electron chi connectivity index (χ4n) is 2.15. The van der Waals surface area contributed by atoms with Crippen LogP contribution in [0.25, 0.3) is 0 Å². The van der Waals surface area contributed by atoms with Crippen molar-refractivity contribution >= 4 is 23.1 Å². The summed E-state index contributed by atoms with van der Waals surface area (Å²) in [5.74, 6) is 2.19. The van der Waals surface area contributed by atoms with Gasteiger partial charge in [0.1, 0.15) is 5.01 Å². The lowest BCUT2D eigenvalue weighted by Crippen LogP contribution is -2.23. The van der Waals surface area contributed by atoms with E-state index in [1.165, 1.54) is 16.3 Å². The summed E-state index contributed by atoms with van der Waals surface area (Å²) < 4.78 is 0. The highest BCUT2D eigenvalue weighted by Crippen LogP contribution is 2.22. The standard InChI is InChI=1S/C16H22N2S2/c1-3-17-15(13-8-6-5-7-9-13)10-14-11-20-16(18-14)12-19-4-2/h5-9,11,15,17H,3-4,10,12H2,1-2H3. The number of aromatic nitrogens is 1. The van der Waals surface area contributed by atoms with Gasteiger partial charge in [0.25, 0.3) is 0 Å². The Balaban J connectivity index is 2.02. The van der Waals surface area contributed by atoms with Crippen molar-refractivity contribution in [3.05, 3.63) is 52.0 Å². The normalized spacial score (nSPS) is 12.5. The number of nitrogens with zero attached hydrogens (tertiary/aromatic N) is 1. The summed E-state index contributed by atoms with van der Waals surface area (Å²) in [5, 5.41) is 7.01. The second-order valence-corrected chi connectivity index (χ2v) is 6.81. The summed E-state index contributed by atoms with van der Waals surface area (Å²) in [6, 6.07) is 11.0. The van der Waals surface area contributed by atoms with E-state index in [0.717, 1.165) is 24.5 Å². The monoisotopic (exact) mass is 306 g/mol. The molecular weight excluding hydrogens is 284 g/mol. The summed E-state index contributed by atoms with van der Waals surface area (Å²) in [6.45, 7) is 5.32. The molecule has 0 spiro atoms. The van der Waals surface area contributed by atoms with E-state index in [2.05, 4.69) is 54.9 Å². The number of hydrogen-bond donors (Lipinski definition) is 1. The van der Waals surface area contributed by atoms with Crippen molar-refractivity contribution in [1.29, 1.82) is 0 Å². The van der Waals surface area contributed by atoms with Crippen LogP contribution in [0.15, 0.2) is 35.7 Å². The quantitative estimate of drug-likeness (QED) is 0.787. The molecule has 1 aromatic heterocycles. The maximum atomic E-state index is 4.75. The molecule has 0 amide bonds. The molecule has 2 nitrogen and oxygen atoms in total. The van der Waals surface area contributed by atoms with Gasteiger partial charge in [0.15, 0.2) is 0 Å². The Labute approximate surface area is 130 Å². The lowest BCUT2D eigenvalue weighted by atomic mass is 10.0. The van der Waals surface area contributed by atoms with Crippen molar-refractivity contribution in [3.8, 4) is 0 Å². The fourth-order valence-corrected chi connectivity index (χ4v) is 3.70. The van der Waals surface area contributed by atoms with Gasteiger partial charge in [0.2, 0.25) is 0 Å². The van der Waals surface area contributed by atoms with Crippen LogP contribution < -0.4 is 5.32 Å². The van der Waals surface area contributed by atoms with E-state index in [1.54, 1.807) is 11.3 Å². The van der Waals surface area contributed by atoms with Crippen LogP contribution in [0, 0.1) is 0 Å². The molecule has 1 heterocycles. The fraction of sp³-hybridized carbons (Fsp3) is 0.438. The van der Waals surface area contributed by atoms with Gasteiger partial charge < -0.3 is 5.32 Å². The molecular formula is C16H22N2S2. The third kappa shape index (κ3) is 4.62. The van der Waals surface area contributed by atoms with Gasteiger partial charge in [-0.1, -0.05) is 44.2 Å². The van der Waals surface area contributed by atoms with Gasteiger partial charge in [-0.2, -0.15) is 11.8 Å². The maximum absolute atomic E-state index is 4.75. The van der Waals surface area contributed by atoms with Crippen LogP contribution in [0.5, 0.6) is 0 Å². The van der Waals surface area contributed by atoms with Gasteiger partial charge in [-0.25, -0.2) is 4.98 Å². The van der Waals surface area contributed by atoms with Crippen LogP contribution in [-0.2, 0) is 12.2 Å². The molecule has 0 bridgehead atoms. The van der Waals surface area contributed by atoms with E-state index >= 15 is 0 Å². The first kappa shape index (κ1) is 15.5. The second-order valence-electron chi connectivity index (χ2n) is 4.59. The number of thioether (sulfide) groups is 1. The van der Waals surface area contributed by atoms with Gasteiger partial charge in [-0.3, -0.25) is 0 Å². The zero-order valence-electron chi connectivity index (χ0n) is 12.1. The third-order valence-corrected chi connectivity index (χ3v) is 5.06. The number of likely N-dealkylation sites (N-methyl/N-ethyl adjacent to an activating group) is 1. The van der Waals surface area contributed by atoms with Crippen molar-refractivity contribution in [2.45, 2.75) is 32.1 Å². The highest BCUT2D eigenvalue weighted by Gasteiger charge is 2.13. The summed E-state index contributed by atoms with van der Waals surface area (Å²) in [6.07, 6.45) is 0.963. The number of benzene rings is 1. The lowest BCUT2D eigenvalue weighted by Gasteiger charge is -2.17. The van der Waals surface area contributed by atoms with Crippen molar-refractivity contribution in [2.24, 2.45) is 0 Å². The Morgan fingerprint density at radius 1 is 1.25 bits per heavy atom. The minimum absolute atomic E-state index is 0.356. The molecule has 4 heteroatoms. The van der Waals surface area contributed by atoms with Gasteiger partial charge in [0.05, 0.1) is 5.69 Å². The van der Waals surface area contributed by atoms with E-state index < -0.39 is 0 Å². The van der Waals surface area contributed by atoms with Crippen LogP contribution in [0.1, 0.15) is 36.2 Å². The van der Waals surface area contributed by atoms with Gasteiger partial charge in [-0.05, 0) is 17.9 Å². The number of nitrogens with one attached hydrogen (secondary N) is 1. The Hall–Kier alpha value is -0.840. The van der Waals surface area contributed by atoms with E-state index in [0.29, 0.717) is 6.04 Å². The summed E-state index contributed by atoms with van der Waals surface area (Å²) in [7, 11) is 0. The first-order valence-electron chi connectivity index (χ1n) is 7.12. The molecule has 0 saturated heterocycles. The summed E-state index contributed by atoms with van der Waals surface area (Å²) in [5.41, 5.74) is 2.54. The Bertz CT molecular complexity index is 496. The van der Waals surface area contributed by atoms with Gasteiger partial charge in [0, 0.05) is 23.6 Å². The molecule has 2 rings (SSSR count). The summed E-state index contributed by atoms with van der Waals surface area (Å²) >= 11 is 3.72. The van der Waals surface area contributed by atoms with Gasteiger partial charge in [-0.15, -0.1) is 11.3 Å². The Morgan fingerprint density at radius 3 is 2.75 bits per heavy atom. The van der Waals surface area contributed by atoms with E-state index in [-0.39, 0.29) is 0 Å². The molecule has 1 unspecified atom stereocenters. The van der Waals surface area contributed by atoms with E-state index in [1.807, 2.05) is 11.8 Å². The maximum Gasteiger partial charge on any atom is 0.103 e. The zero-order valence-corrected chi connectivity index (χ0v) is 13.8. The van der Waals surface area contributed by atoms with Crippen LogP contribution in [-0.4, -0.2) is 17.3 Å². The molecule has 1 atom stereocenters. The highest BCUT2D eigenvalue weighted by molar-refractivity contribution is 7.98. The smallest absolute Gasteiger partial charge is 0.103 e. The molecule has 0 radical (unpaired) electrons. The predicted octanol–water partition coefficient (Wildman–Crippen LogP) is 4.29.